The predicted octanol–water partition coefficient (Wildman–Crippen LogP) is -0.204. The van der Waals surface area contributed by atoms with Crippen molar-refractivity contribution < 1.29 is 29.1 Å². The molecule has 0 radical (unpaired) electrons. The number of methoxy groups -OCH3 is 2. The molecule has 1 amide bonds. The van der Waals surface area contributed by atoms with Crippen LogP contribution in [0, 0.1) is 10.1 Å². The summed E-state index contributed by atoms with van der Waals surface area (Å²) in [5.74, 6) is -1.17. The number of amides is 1. The number of rotatable bonds is 7. The molecule has 0 fully saturated rings. The minimum Gasteiger partial charge on any atom is -0.496 e. The van der Waals surface area contributed by atoms with Crippen LogP contribution in [0.2, 0.25) is 0 Å². The predicted molar refractivity (Wildman–Crippen MR) is 74.4 cm³/mol. The molecule has 0 unspecified atom stereocenters. The van der Waals surface area contributed by atoms with E-state index in [9.17, 15) is 19.7 Å². The molecule has 1 aromatic carbocycles. The van der Waals surface area contributed by atoms with Crippen molar-refractivity contribution in [1.82, 2.24) is 5.32 Å². The van der Waals surface area contributed by atoms with Crippen LogP contribution in [0.1, 0.15) is 5.56 Å². The Hall–Kier alpha value is -2.68. The van der Waals surface area contributed by atoms with Crippen LogP contribution in [0.3, 0.4) is 0 Å². The molecule has 0 aliphatic carbocycles. The number of aliphatic hydroxyl groups excluding tert-OH is 1. The fourth-order valence-corrected chi connectivity index (χ4v) is 1.83. The van der Waals surface area contributed by atoms with Crippen LogP contribution in [0.15, 0.2) is 18.2 Å². The molecular weight excluding hydrogens is 296 g/mol. The summed E-state index contributed by atoms with van der Waals surface area (Å²) in [5, 5.41) is 21.8. The van der Waals surface area contributed by atoms with Gasteiger partial charge >= 0.3 is 5.97 Å². The van der Waals surface area contributed by atoms with Crippen LogP contribution in [0.4, 0.5) is 5.69 Å². The van der Waals surface area contributed by atoms with Gasteiger partial charge in [0, 0.05) is 24.1 Å². The topological polar surface area (TPSA) is 128 Å². The van der Waals surface area contributed by atoms with Crippen molar-refractivity contribution in [3.05, 3.63) is 33.9 Å². The smallest absolute Gasteiger partial charge is 0.328 e. The largest absolute Gasteiger partial charge is 0.496 e. The van der Waals surface area contributed by atoms with Gasteiger partial charge in [-0.05, 0) is 6.07 Å². The fraction of sp³-hybridized carbons (Fsp3) is 0.385. The zero-order valence-corrected chi connectivity index (χ0v) is 12.1. The van der Waals surface area contributed by atoms with Gasteiger partial charge in [0.1, 0.15) is 18.4 Å². The van der Waals surface area contributed by atoms with E-state index in [1.807, 2.05) is 0 Å². The van der Waals surface area contributed by atoms with Gasteiger partial charge in [-0.2, -0.15) is 0 Å². The Labute approximate surface area is 126 Å². The van der Waals surface area contributed by atoms with Crippen molar-refractivity contribution in [2.75, 3.05) is 20.8 Å². The highest BCUT2D eigenvalue weighted by atomic mass is 16.6. The molecule has 22 heavy (non-hydrogen) atoms. The lowest BCUT2D eigenvalue weighted by Crippen LogP contribution is -2.44. The average Bonchev–Trinajstić information content (AvgIpc) is 2.52. The maximum absolute atomic E-state index is 11.7. The molecule has 2 N–H and O–H groups in total. The molecule has 1 aromatic rings. The molecule has 120 valence electrons. The Morgan fingerprint density at radius 3 is 2.59 bits per heavy atom. The van der Waals surface area contributed by atoms with Crippen molar-refractivity contribution in [1.29, 1.82) is 0 Å². The Balaban J connectivity index is 3.09. The number of benzene rings is 1. The van der Waals surface area contributed by atoms with E-state index in [4.69, 9.17) is 9.84 Å². The molecule has 9 nitrogen and oxygen atoms in total. The lowest BCUT2D eigenvalue weighted by Gasteiger charge is -2.17. The molecule has 0 heterocycles. The first-order valence-corrected chi connectivity index (χ1v) is 6.22. The summed E-state index contributed by atoms with van der Waals surface area (Å²) in [6.07, 6.45) is -0.0801. The van der Waals surface area contributed by atoms with E-state index in [0.717, 1.165) is 7.11 Å². The third kappa shape index (κ3) is 4.42. The number of carbonyl (C=O) groups is 2. The SMILES string of the molecule is COC(=O)[C@@H](Cc1cc([N+](=O)[O-])ccc1OC)NC(=O)CO. The number of esters is 1. The highest BCUT2D eigenvalue weighted by Crippen LogP contribution is 2.25. The summed E-state index contributed by atoms with van der Waals surface area (Å²) in [6.45, 7) is -0.792. The Morgan fingerprint density at radius 1 is 1.41 bits per heavy atom. The van der Waals surface area contributed by atoms with Crippen molar-refractivity contribution >= 4 is 17.6 Å². The average molecular weight is 312 g/mol. The number of nitrogens with one attached hydrogen (secondary N) is 1. The van der Waals surface area contributed by atoms with Crippen LogP contribution in [0.5, 0.6) is 5.75 Å². The number of carbonyl (C=O) groups excluding carboxylic acids is 2. The fourth-order valence-electron chi connectivity index (χ4n) is 1.83. The van der Waals surface area contributed by atoms with E-state index >= 15 is 0 Å². The van der Waals surface area contributed by atoms with Crippen LogP contribution in [-0.4, -0.2) is 48.8 Å². The van der Waals surface area contributed by atoms with Gasteiger partial charge in [0.2, 0.25) is 5.91 Å². The van der Waals surface area contributed by atoms with Gasteiger partial charge in [0.25, 0.3) is 5.69 Å². The number of nitro groups is 1. The van der Waals surface area contributed by atoms with E-state index in [1.54, 1.807) is 0 Å². The van der Waals surface area contributed by atoms with Crippen molar-refractivity contribution in [3.63, 3.8) is 0 Å². The van der Waals surface area contributed by atoms with Gasteiger partial charge < -0.3 is 19.9 Å². The van der Waals surface area contributed by atoms with Crippen LogP contribution >= 0.6 is 0 Å². The van der Waals surface area contributed by atoms with Crippen molar-refractivity contribution in [3.8, 4) is 5.75 Å². The Bertz CT molecular complexity index is 574. The zero-order chi connectivity index (χ0) is 16.7. The van der Waals surface area contributed by atoms with Crippen molar-refractivity contribution in [2.24, 2.45) is 0 Å². The number of nitro benzene ring substituents is 1. The molecule has 0 saturated heterocycles. The Kier molecular flexibility index (Phi) is 6.26. The lowest BCUT2D eigenvalue weighted by atomic mass is 10.0. The first-order chi connectivity index (χ1) is 10.4. The first kappa shape index (κ1) is 17.4. The highest BCUT2D eigenvalue weighted by Gasteiger charge is 2.24. The zero-order valence-electron chi connectivity index (χ0n) is 12.1. The van der Waals surface area contributed by atoms with Gasteiger partial charge in [-0.3, -0.25) is 14.9 Å². The molecule has 1 rings (SSSR count). The van der Waals surface area contributed by atoms with Crippen LogP contribution in [0.25, 0.3) is 0 Å². The van der Waals surface area contributed by atoms with E-state index in [2.05, 4.69) is 10.1 Å². The Morgan fingerprint density at radius 2 is 2.09 bits per heavy atom. The van der Waals surface area contributed by atoms with E-state index < -0.39 is 29.4 Å². The van der Waals surface area contributed by atoms with E-state index in [1.165, 1.54) is 25.3 Å². The number of hydrogen-bond acceptors (Lipinski definition) is 7. The summed E-state index contributed by atoms with van der Waals surface area (Å²) < 4.78 is 9.66. The normalized spacial score (nSPS) is 11.4. The first-order valence-electron chi connectivity index (χ1n) is 6.22. The van der Waals surface area contributed by atoms with Crippen molar-refractivity contribution in [2.45, 2.75) is 12.5 Å². The molecule has 1 atom stereocenters. The number of ether oxygens (including phenoxy) is 2. The second-order valence-electron chi connectivity index (χ2n) is 4.26. The van der Waals surface area contributed by atoms with Gasteiger partial charge in [-0.15, -0.1) is 0 Å². The summed E-state index contributed by atoms with van der Waals surface area (Å²) >= 11 is 0. The molecule has 0 aliphatic rings. The third-order valence-corrected chi connectivity index (χ3v) is 2.86. The maximum Gasteiger partial charge on any atom is 0.328 e. The monoisotopic (exact) mass is 312 g/mol. The van der Waals surface area contributed by atoms with Crippen LogP contribution < -0.4 is 10.1 Å². The highest BCUT2D eigenvalue weighted by molar-refractivity contribution is 5.85. The minimum atomic E-state index is -1.10. The molecule has 0 spiro atoms. The molecule has 0 saturated carbocycles. The van der Waals surface area contributed by atoms with E-state index in [-0.39, 0.29) is 12.1 Å². The summed E-state index contributed by atoms with van der Waals surface area (Å²) in [4.78, 5) is 33.2. The number of non-ortho nitro benzene ring substituents is 1. The quantitative estimate of drug-likeness (QED) is 0.405. The van der Waals surface area contributed by atoms with Gasteiger partial charge in [0.05, 0.1) is 19.1 Å². The summed E-state index contributed by atoms with van der Waals surface area (Å²) in [7, 11) is 2.52. The molecule has 0 aromatic heterocycles. The second-order valence-corrected chi connectivity index (χ2v) is 4.26. The molecule has 9 heteroatoms. The van der Waals surface area contributed by atoms with Gasteiger partial charge in [0.15, 0.2) is 0 Å². The molecule has 0 aliphatic heterocycles. The van der Waals surface area contributed by atoms with E-state index in [0.29, 0.717) is 11.3 Å². The number of nitrogens with zero attached hydrogens (tertiary/aromatic N) is 1. The van der Waals surface area contributed by atoms with Crippen LogP contribution in [-0.2, 0) is 20.7 Å². The minimum absolute atomic E-state index is 0.0801. The van der Waals surface area contributed by atoms with Gasteiger partial charge in [-0.1, -0.05) is 0 Å². The third-order valence-electron chi connectivity index (χ3n) is 2.86. The number of hydrogen-bond donors (Lipinski definition) is 2. The summed E-state index contributed by atoms with van der Waals surface area (Å²) in [6, 6.07) is 2.82. The number of aliphatic hydroxyl groups is 1. The summed E-state index contributed by atoms with van der Waals surface area (Å²) in [5.41, 5.74) is 0.179. The maximum atomic E-state index is 11.7. The van der Waals surface area contributed by atoms with Gasteiger partial charge in [-0.25, -0.2) is 4.79 Å². The lowest BCUT2D eigenvalue weighted by molar-refractivity contribution is -0.384. The standard InChI is InChI=1S/C13H16N2O7/c1-21-11-4-3-9(15(19)20)5-8(11)6-10(13(18)22-2)14-12(17)7-16/h3-5,10,16H,6-7H2,1-2H3,(H,14,17)/t10-/m1/s1. The second kappa shape index (κ2) is 7.93. The molecule has 0 bridgehead atoms. The molecular formula is C13H16N2O7.